The maximum Gasteiger partial charge on any atom is 0.0690 e. The molecule has 1 aliphatic carbocycles. The van der Waals surface area contributed by atoms with Crippen LogP contribution >= 0.6 is 0 Å². The van der Waals surface area contributed by atoms with Crippen molar-refractivity contribution in [1.82, 2.24) is 5.43 Å². The zero-order valence-electron chi connectivity index (χ0n) is 7.79. The number of hydrogen-bond acceptors (Lipinski definition) is 2. The second-order valence-electron chi connectivity index (χ2n) is 3.52. The maximum absolute atomic E-state index is 9.81. The van der Waals surface area contributed by atoms with Crippen LogP contribution in [0.15, 0.2) is 40.5 Å². The van der Waals surface area contributed by atoms with Crippen LogP contribution in [0.3, 0.4) is 0 Å². The lowest BCUT2D eigenvalue weighted by Crippen LogP contribution is -2.07. The third-order valence-corrected chi connectivity index (χ3v) is 1.73. The molecule has 0 unspecified atom stereocenters. The fourth-order valence-electron chi connectivity index (χ4n) is 0.941. The van der Waals surface area contributed by atoms with Crippen LogP contribution in [0.25, 0.3) is 0 Å². The molecular formula is C10H12N2O. The van der Waals surface area contributed by atoms with E-state index >= 15 is 0 Å². The highest BCUT2D eigenvalue weighted by Crippen LogP contribution is 2.20. The first-order chi connectivity index (χ1) is 6.14. The lowest BCUT2D eigenvalue weighted by molar-refractivity contribution is 0.627. The molecule has 0 bridgehead atoms. The largest absolute Gasteiger partial charge is 0.269 e. The summed E-state index contributed by atoms with van der Waals surface area (Å²) in [5, 5.41) is 2.56. The predicted octanol–water partition coefficient (Wildman–Crippen LogP) is 2.09. The molecular weight excluding hydrogens is 164 g/mol. The molecule has 0 atom stereocenters. The Labute approximate surface area is 77.5 Å². The molecule has 1 N–H and O–H groups in total. The van der Waals surface area contributed by atoms with E-state index in [0.717, 1.165) is 5.57 Å². The number of nitroso groups, excluding NO2 is 1. The van der Waals surface area contributed by atoms with Crippen molar-refractivity contribution in [3.63, 3.8) is 0 Å². The number of nitrogens with zero attached hydrogens (tertiary/aromatic N) is 1. The van der Waals surface area contributed by atoms with Gasteiger partial charge in [0.25, 0.3) is 0 Å². The second-order valence-corrected chi connectivity index (χ2v) is 3.52. The Morgan fingerprint density at radius 3 is 3.08 bits per heavy atom. The van der Waals surface area contributed by atoms with Gasteiger partial charge in [-0.3, -0.25) is 5.43 Å². The van der Waals surface area contributed by atoms with E-state index in [9.17, 15) is 4.91 Å². The molecule has 0 heterocycles. The zero-order chi connectivity index (χ0) is 9.73. The van der Waals surface area contributed by atoms with Gasteiger partial charge in [0, 0.05) is 16.3 Å². The lowest BCUT2D eigenvalue weighted by atomic mass is 9.93. The van der Waals surface area contributed by atoms with Crippen LogP contribution in [-0.4, -0.2) is 6.54 Å². The van der Waals surface area contributed by atoms with E-state index in [1.807, 2.05) is 18.2 Å². The van der Waals surface area contributed by atoms with Crippen LogP contribution < -0.4 is 5.43 Å². The number of hydrogen-bond donors (Lipinski definition) is 1. The summed E-state index contributed by atoms with van der Waals surface area (Å²) >= 11 is 0. The Bertz CT molecular complexity index is 327. The summed E-state index contributed by atoms with van der Waals surface area (Å²) < 4.78 is 0. The smallest absolute Gasteiger partial charge is 0.0690 e. The third-order valence-electron chi connectivity index (χ3n) is 1.73. The number of rotatable bonds is 3. The van der Waals surface area contributed by atoms with Crippen LogP contribution in [0.1, 0.15) is 13.8 Å². The minimum atomic E-state index is 0.00333. The fraction of sp³-hybridized carbons (Fsp3) is 0.400. The molecule has 3 nitrogen and oxygen atoms in total. The summed E-state index contributed by atoms with van der Waals surface area (Å²) in [5.74, 6) is 0. The summed E-state index contributed by atoms with van der Waals surface area (Å²) in [5.41, 5.74) is 9.09. The molecule has 68 valence electrons. The summed E-state index contributed by atoms with van der Waals surface area (Å²) in [6.07, 6.45) is 5.90. The zero-order valence-corrected chi connectivity index (χ0v) is 7.79. The molecule has 0 amide bonds. The summed E-state index contributed by atoms with van der Waals surface area (Å²) in [6.45, 7) is 4.55. The highest BCUT2D eigenvalue weighted by Gasteiger charge is 2.09. The summed E-state index contributed by atoms with van der Waals surface area (Å²) in [7, 11) is 0. The van der Waals surface area contributed by atoms with Crippen LogP contribution in [0.5, 0.6) is 0 Å². The molecule has 0 fully saturated rings. The Morgan fingerprint density at radius 1 is 1.62 bits per heavy atom. The Morgan fingerprint density at radius 2 is 2.38 bits per heavy atom. The van der Waals surface area contributed by atoms with Gasteiger partial charge in [0.05, 0.1) is 6.54 Å². The van der Waals surface area contributed by atoms with Crippen molar-refractivity contribution in [2.75, 3.05) is 6.54 Å². The normalized spacial score (nSPS) is 17.8. The van der Waals surface area contributed by atoms with Gasteiger partial charge in [0.1, 0.15) is 0 Å². The molecule has 3 heteroatoms. The minimum absolute atomic E-state index is 0.00333. The Hall–Kier alpha value is -1.56. The molecule has 0 saturated carbocycles. The van der Waals surface area contributed by atoms with E-state index in [0.29, 0.717) is 6.54 Å². The highest BCUT2D eigenvalue weighted by molar-refractivity contribution is 5.26. The molecule has 0 aliphatic heterocycles. The van der Waals surface area contributed by atoms with E-state index in [4.69, 9.17) is 0 Å². The van der Waals surface area contributed by atoms with E-state index in [1.165, 1.54) is 0 Å². The molecule has 0 aromatic rings. The van der Waals surface area contributed by atoms with Crippen molar-refractivity contribution in [2.24, 2.45) is 10.7 Å². The average Bonchev–Trinajstić information content (AvgIpc) is 2.23. The van der Waals surface area contributed by atoms with E-state index < -0.39 is 0 Å². The molecule has 13 heavy (non-hydrogen) atoms. The monoisotopic (exact) mass is 176 g/mol. The van der Waals surface area contributed by atoms with E-state index in [1.54, 1.807) is 0 Å². The van der Waals surface area contributed by atoms with Crippen molar-refractivity contribution in [2.45, 2.75) is 13.8 Å². The van der Waals surface area contributed by atoms with Gasteiger partial charge in [-0.25, -0.2) is 0 Å². The van der Waals surface area contributed by atoms with E-state index in [2.05, 4.69) is 36.0 Å². The quantitative estimate of drug-likeness (QED) is 0.406. The Kier molecular flexibility index (Phi) is 2.86. The van der Waals surface area contributed by atoms with Crippen LogP contribution in [0, 0.1) is 10.3 Å². The highest BCUT2D eigenvalue weighted by atomic mass is 16.3. The third kappa shape index (κ3) is 3.12. The van der Waals surface area contributed by atoms with Gasteiger partial charge in [-0.15, -0.1) is 4.91 Å². The molecule has 0 aromatic carbocycles. The second kappa shape index (κ2) is 3.90. The first kappa shape index (κ1) is 9.53. The predicted molar refractivity (Wildman–Crippen MR) is 51.8 cm³/mol. The maximum atomic E-state index is 9.81. The van der Waals surface area contributed by atoms with Crippen LogP contribution in [0.2, 0.25) is 0 Å². The van der Waals surface area contributed by atoms with Gasteiger partial charge >= 0.3 is 0 Å². The first-order valence-corrected chi connectivity index (χ1v) is 4.10. The number of nitrogens with one attached hydrogen (secondary N) is 1. The van der Waals surface area contributed by atoms with Gasteiger partial charge in [-0.1, -0.05) is 37.5 Å². The van der Waals surface area contributed by atoms with Crippen LogP contribution in [-0.2, 0) is 0 Å². The fourth-order valence-corrected chi connectivity index (χ4v) is 0.941. The van der Waals surface area contributed by atoms with Crippen molar-refractivity contribution >= 4 is 0 Å². The topological polar surface area (TPSA) is 41.5 Å². The SMILES string of the molecule is CC1(C)C=C=C=C(CNN=O)C=C1. The van der Waals surface area contributed by atoms with Crippen molar-refractivity contribution in [3.8, 4) is 0 Å². The van der Waals surface area contributed by atoms with Crippen LogP contribution in [0.4, 0.5) is 0 Å². The van der Waals surface area contributed by atoms with Gasteiger partial charge in [-0.2, -0.15) is 0 Å². The molecule has 0 aromatic heterocycles. The van der Waals surface area contributed by atoms with Gasteiger partial charge in [0.15, 0.2) is 0 Å². The summed E-state index contributed by atoms with van der Waals surface area (Å²) in [6, 6.07) is 0. The Balaban J connectivity index is 2.77. The first-order valence-electron chi connectivity index (χ1n) is 4.10. The molecule has 1 aliphatic rings. The van der Waals surface area contributed by atoms with Crippen molar-refractivity contribution < 1.29 is 0 Å². The molecule has 1 rings (SSSR count). The lowest BCUT2D eigenvalue weighted by Gasteiger charge is -2.11. The molecule has 0 radical (unpaired) electrons. The van der Waals surface area contributed by atoms with Gasteiger partial charge in [0.2, 0.25) is 0 Å². The summed E-state index contributed by atoms with van der Waals surface area (Å²) in [4.78, 5) is 9.81. The van der Waals surface area contributed by atoms with Gasteiger partial charge < -0.3 is 0 Å². The molecule has 0 spiro atoms. The van der Waals surface area contributed by atoms with Crippen molar-refractivity contribution in [3.05, 3.63) is 40.2 Å². The number of allylic oxidation sites excluding steroid dienone is 2. The average molecular weight is 176 g/mol. The van der Waals surface area contributed by atoms with Crippen molar-refractivity contribution in [1.29, 1.82) is 0 Å². The molecule has 0 saturated heterocycles. The standard InChI is InChI=1S/C10H12N2O/c1-10(2)6-3-4-9(5-7-10)8-11-12-13/h5-7H,8H2,1-2H3,(H,11,13). The van der Waals surface area contributed by atoms with E-state index in [-0.39, 0.29) is 5.41 Å². The van der Waals surface area contributed by atoms with Gasteiger partial charge in [-0.05, 0) is 6.08 Å². The minimum Gasteiger partial charge on any atom is -0.269 e.